The molecular weight excluding hydrogens is 312 g/mol. The Balaban J connectivity index is 2.02. The number of nitrogens with zero attached hydrogens (tertiary/aromatic N) is 2. The Morgan fingerprint density at radius 2 is 2.14 bits per heavy atom. The first-order chi connectivity index (χ1) is 9.95. The van der Waals surface area contributed by atoms with E-state index >= 15 is 0 Å². The lowest BCUT2D eigenvalue weighted by molar-refractivity contribution is 0.375. The maximum atomic E-state index is 12.0. The summed E-state index contributed by atoms with van der Waals surface area (Å²) < 4.78 is 30.4. The molecule has 1 atom stereocenters. The van der Waals surface area contributed by atoms with Crippen molar-refractivity contribution in [3.63, 3.8) is 0 Å². The predicted octanol–water partition coefficient (Wildman–Crippen LogP) is 3.04. The van der Waals surface area contributed by atoms with Crippen LogP contribution in [-0.2, 0) is 10.0 Å². The maximum Gasteiger partial charge on any atom is 0.247 e. The number of hydrogen-bond donors (Lipinski definition) is 0. The summed E-state index contributed by atoms with van der Waals surface area (Å²) in [7, 11) is -3.48. The van der Waals surface area contributed by atoms with E-state index in [0.29, 0.717) is 22.9 Å². The summed E-state index contributed by atoms with van der Waals surface area (Å²) in [4.78, 5) is 0. The highest BCUT2D eigenvalue weighted by Crippen LogP contribution is 2.35. The van der Waals surface area contributed by atoms with Crippen molar-refractivity contribution in [3.05, 3.63) is 59.0 Å². The van der Waals surface area contributed by atoms with Crippen LogP contribution in [-0.4, -0.2) is 24.8 Å². The Kier molecular flexibility index (Phi) is 3.51. The van der Waals surface area contributed by atoms with Crippen molar-refractivity contribution in [2.24, 2.45) is 5.10 Å². The standard InChI is InChI=1S/C14H13ClN2O3S/c1-21(18,19)17-13(10-4-2-5-11(15)8-10)9-12(16-17)14-6-3-7-20-14/h2-8,13H,9H2,1H3/t13-/m1/s1. The van der Waals surface area contributed by atoms with Crippen LogP contribution < -0.4 is 0 Å². The summed E-state index contributed by atoms with van der Waals surface area (Å²) in [6.07, 6.45) is 3.12. The molecule has 2 heterocycles. The average molecular weight is 325 g/mol. The number of sulfonamides is 1. The molecule has 0 saturated carbocycles. The fourth-order valence-corrected chi connectivity index (χ4v) is 3.45. The molecule has 0 unspecified atom stereocenters. The zero-order valence-corrected chi connectivity index (χ0v) is 12.8. The largest absolute Gasteiger partial charge is 0.463 e. The van der Waals surface area contributed by atoms with Crippen LogP contribution in [0.3, 0.4) is 0 Å². The van der Waals surface area contributed by atoms with Crippen LogP contribution in [0.15, 0.2) is 52.2 Å². The van der Waals surface area contributed by atoms with Gasteiger partial charge in [0, 0.05) is 11.4 Å². The quantitative estimate of drug-likeness (QED) is 0.871. The molecule has 5 nitrogen and oxygen atoms in total. The van der Waals surface area contributed by atoms with Gasteiger partial charge in [-0.15, -0.1) is 0 Å². The molecule has 1 aliphatic rings. The zero-order chi connectivity index (χ0) is 15.0. The number of furan rings is 1. The third-order valence-corrected chi connectivity index (χ3v) is 4.50. The molecule has 0 bridgehead atoms. The first kappa shape index (κ1) is 14.2. The molecule has 0 fully saturated rings. The van der Waals surface area contributed by atoms with E-state index in [1.165, 1.54) is 6.26 Å². The van der Waals surface area contributed by atoms with Gasteiger partial charge in [-0.2, -0.15) is 9.52 Å². The van der Waals surface area contributed by atoms with E-state index in [9.17, 15) is 8.42 Å². The monoisotopic (exact) mass is 324 g/mol. The Bertz CT molecular complexity index is 784. The van der Waals surface area contributed by atoms with Crippen molar-refractivity contribution >= 4 is 27.3 Å². The Morgan fingerprint density at radius 1 is 1.33 bits per heavy atom. The van der Waals surface area contributed by atoms with Crippen LogP contribution in [0.5, 0.6) is 0 Å². The van der Waals surface area contributed by atoms with Gasteiger partial charge in [0.2, 0.25) is 10.0 Å². The minimum absolute atomic E-state index is 0.404. The molecule has 1 aromatic heterocycles. The minimum atomic E-state index is -3.48. The summed E-state index contributed by atoms with van der Waals surface area (Å²) in [5, 5.41) is 4.78. The van der Waals surface area contributed by atoms with Gasteiger partial charge in [0.25, 0.3) is 0 Å². The van der Waals surface area contributed by atoms with E-state index in [2.05, 4.69) is 5.10 Å². The van der Waals surface area contributed by atoms with Gasteiger partial charge in [-0.1, -0.05) is 23.7 Å². The summed E-state index contributed by atoms with van der Waals surface area (Å²) in [5.41, 5.74) is 1.41. The van der Waals surface area contributed by atoms with Gasteiger partial charge in [0.1, 0.15) is 11.5 Å². The molecule has 7 heteroatoms. The number of hydrogen-bond acceptors (Lipinski definition) is 4. The second kappa shape index (κ2) is 5.20. The Labute approximate surface area is 127 Å². The Morgan fingerprint density at radius 3 is 2.76 bits per heavy atom. The smallest absolute Gasteiger partial charge is 0.247 e. The molecule has 2 aromatic rings. The summed E-state index contributed by atoms with van der Waals surface area (Å²) >= 11 is 6.00. The summed E-state index contributed by atoms with van der Waals surface area (Å²) in [6.45, 7) is 0. The van der Waals surface area contributed by atoms with Crippen molar-refractivity contribution in [2.45, 2.75) is 12.5 Å². The lowest BCUT2D eigenvalue weighted by Gasteiger charge is -2.21. The van der Waals surface area contributed by atoms with E-state index in [-0.39, 0.29) is 0 Å². The predicted molar refractivity (Wildman–Crippen MR) is 80.7 cm³/mol. The van der Waals surface area contributed by atoms with Gasteiger partial charge in [0.15, 0.2) is 0 Å². The number of benzene rings is 1. The first-order valence-corrected chi connectivity index (χ1v) is 8.54. The highest BCUT2D eigenvalue weighted by molar-refractivity contribution is 7.88. The normalized spacial score (nSPS) is 18.9. The van der Waals surface area contributed by atoms with Crippen molar-refractivity contribution in [3.8, 4) is 0 Å². The first-order valence-electron chi connectivity index (χ1n) is 6.31. The van der Waals surface area contributed by atoms with E-state index in [1.807, 2.05) is 6.07 Å². The highest BCUT2D eigenvalue weighted by atomic mass is 35.5. The van der Waals surface area contributed by atoms with Gasteiger partial charge in [-0.3, -0.25) is 0 Å². The van der Waals surface area contributed by atoms with Crippen molar-refractivity contribution in [1.82, 2.24) is 4.41 Å². The van der Waals surface area contributed by atoms with Crippen LogP contribution in [0.25, 0.3) is 0 Å². The summed E-state index contributed by atoms with van der Waals surface area (Å²) in [6, 6.07) is 10.2. The molecule has 0 saturated heterocycles. The molecule has 110 valence electrons. The van der Waals surface area contributed by atoms with Crippen molar-refractivity contribution in [2.75, 3.05) is 6.26 Å². The zero-order valence-electron chi connectivity index (χ0n) is 11.2. The maximum absolute atomic E-state index is 12.0. The van der Waals surface area contributed by atoms with E-state index in [1.54, 1.807) is 30.3 Å². The average Bonchev–Trinajstić information content (AvgIpc) is 3.07. The lowest BCUT2D eigenvalue weighted by atomic mass is 10.0. The van der Waals surface area contributed by atoms with E-state index < -0.39 is 16.1 Å². The fraction of sp³-hybridized carbons (Fsp3) is 0.214. The van der Waals surface area contributed by atoms with Crippen LogP contribution in [0.2, 0.25) is 5.02 Å². The van der Waals surface area contributed by atoms with Gasteiger partial charge < -0.3 is 4.42 Å². The minimum Gasteiger partial charge on any atom is -0.463 e. The number of rotatable bonds is 3. The van der Waals surface area contributed by atoms with Crippen LogP contribution in [0, 0.1) is 0 Å². The molecule has 0 amide bonds. The van der Waals surface area contributed by atoms with Gasteiger partial charge in [-0.05, 0) is 29.8 Å². The fourth-order valence-electron chi connectivity index (χ4n) is 2.35. The van der Waals surface area contributed by atoms with Gasteiger partial charge in [-0.25, -0.2) is 8.42 Å². The Hall–Kier alpha value is -1.79. The van der Waals surface area contributed by atoms with Gasteiger partial charge >= 0.3 is 0 Å². The van der Waals surface area contributed by atoms with Crippen LogP contribution in [0.1, 0.15) is 23.8 Å². The van der Waals surface area contributed by atoms with Gasteiger partial charge in [0.05, 0.1) is 18.6 Å². The topological polar surface area (TPSA) is 62.9 Å². The van der Waals surface area contributed by atoms with E-state index in [4.69, 9.17) is 16.0 Å². The van der Waals surface area contributed by atoms with Crippen molar-refractivity contribution < 1.29 is 12.8 Å². The molecular formula is C14H13ClN2O3S. The van der Waals surface area contributed by atoms with Crippen molar-refractivity contribution in [1.29, 1.82) is 0 Å². The number of halogens is 1. The van der Waals surface area contributed by atoms with Crippen LogP contribution >= 0.6 is 11.6 Å². The highest BCUT2D eigenvalue weighted by Gasteiger charge is 2.35. The van der Waals surface area contributed by atoms with E-state index in [0.717, 1.165) is 16.2 Å². The second-order valence-electron chi connectivity index (χ2n) is 4.83. The molecule has 1 aromatic carbocycles. The molecule has 0 N–H and O–H groups in total. The third-order valence-electron chi connectivity index (χ3n) is 3.25. The molecule has 3 rings (SSSR count). The molecule has 1 aliphatic heterocycles. The SMILES string of the molecule is CS(=O)(=O)N1N=C(c2ccco2)C[C@@H]1c1cccc(Cl)c1. The lowest BCUT2D eigenvalue weighted by Crippen LogP contribution is -2.25. The number of hydrazone groups is 1. The molecule has 0 spiro atoms. The molecule has 0 radical (unpaired) electrons. The summed E-state index contributed by atoms with van der Waals surface area (Å²) in [5.74, 6) is 0.577. The molecule has 0 aliphatic carbocycles. The third kappa shape index (κ3) is 2.82. The molecule has 21 heavy (non-hydrogen) atoms. The van der Waals surface area contributed by atoms with Crippen LogP contribution in [0.4, 0.5) is 0 Å². The second-order valence-corrected chi connectivity index (χ2v) is 7.11.